The van der Waals surface area contributed by atoms with Crippen LogP contribution in [0.4, 0.5) is 0 Å². The molecule has 0 aromatic heterocycles. The summed E-state index contributed by atoms with van der Waals surface area (Å²) in [7, 11) is -4.38. The molecule has 0 spiro atoms. The first-order valence-corrected chi connectivity index (χ1v) is 6.55. The minimum Gasteiger partial charge on any atom is -0.808 e. The first kappa shape index (κ1) is 56.4. The quantitative estimate of drug-likeness (QED) is 0.264. The van der Waals surface area contributed by atoms with Crippen LogP contribution in [0.3, 0.4) is 0 Å². The first-order chi connectivity index (χ1) is 9.74. The molecule has 0 bridgehead atoms. The van der Waals surface area contributed by atoms with Crippen LogP contribution in [-0.2, 0) is 18.9 Å². The Morgan fingerprint density at radius 1 is 0.778 bits per heavy atom. The summed E-state index contributed by atoms with van der Waals surface area (Å²) in [6.45, 7) is 13.0. The molecule has 0 aliphatic rings. The number of hydrogen-bond donors (Lipinski definition) is 0. The van der Waals surface area contributed by atoms with Gasteiger partial charge in [-0.2, -0.15) is 0 Å². The topological polar surface area (TPSA) is 184 Å². The molecule has 15 heteroatoms. The SMILES string of the molecule is C=C(C)C(=O)[O-].C=CC(=O)[O-].C=CC(=O)[O-].C=CP(=O)([O-])[O-].[Li+].[Li+].[Li+].[Li+].[Li+]. The summed E-state index contributed by atoms with van der Waals surface area (Å²) in [5, 5.41) is 27.8. The number of aliphatic carboxylic acids is 3. The smallest absolute Gasteiger partial charge is 0.808 e. The van der Waals surface area contributed by atoms with Crippen LogP contribution in [0.5, 0.6) is 0 Å². The van der Waals surface area contributed by atoms with Crippen molar-refractivity contribution < 1.29 is 138 Å². The molecule has 0 atom stereocenters. The van der Waals surface area contributed by atoms with E-state index in [4.69, 9.17) is 19.8 Å². The van der Waals surface area contributed by atoms with E-state index in [-0.39, 0.29) is 99.9 Å². The van der Waals surface area contributed by atoms with Crippen molar-refractivity contribution in [2.24, 2.45) is 0 Å². The Hall–Kier alpha value is 0.507. The van der Waals surface area contributed by atoms with Crippen molar-refractivity contribution in [3.8, 4) is 0 Å². The third-order valence-corrected chi connectivity index (χ3v) is 1.35. The first-order valence-electron chi connectivity index (χ1n) is 4.94. The Kier molecular flexibility index (Phi) is 77.9. The zero-order chi connectivity index (χ0) is 18.9. The third-order valence-electron chi connectivity index (χ3n) is 0.905. The molecule has 0 amide bonds. The Bertz CT molecular complexity index is 448. The molecule has 0 rings (SSSR count). The Morgan fingerprint density at radius 3 is 0.889 bits per heavy atom. The van der Waals surface area contributed by atoms with E-state index in [2.05, 4.69) is 26.3 Å². The van der Waals surface area contributed by atoms with Gasteiger partial charge in [0.05, 0.1) is 17.9 Å². The number of carbonyl (C=O) groups is 3. The summed E-state index contributed by atoms with van der Waals surface area (Å²) in [5.74, 6) is -3.27. The van der Waals surface area contributed by atoms with Gasteiger partial charge in [0.1, 0.15) is 0 Å². The molecule has 9 nitrogen and oxygen atoms in total. The molecule has 0 saturated heterocycles. The molecular formula is C12H14Li5O9P. The molecule has 0 aliphatic heterocycles. The summed E-state index contributed by atoms with van der Waals surface area (Å²) < 4.78 is 9.35. The molecule has 0 N–H and O–H groups in total. The minimum atomic E-state index is -4.38. The predicted molar refractivity (Wildman–Crippen MR) is 68.0 cm³/mol. The third kappa shape index (κ3) is 120. The molecule has 0 radical (unpaired) electrons. The molecule has 0 aromatic carbocycles. The molecule has 0 aliphatic carbocycles. The monoisotopic (exact) mass is 368 g/mol. The Morgan fingerprint density at radius 2 is 0.889 bits per heavy atom. The van der Waals surface area contributed by atoms with Gasteiger partial charge >= 0.3 is 94.3 Å². The fraction of sp³-hybridized carbons (Fsp3) is 0.0833. The average molecular weight is 368 g/mol. The van der Waals surface area contributed by atoms with E-state index in [0.717, 1.165) is 12.2 Å². The normalized spacial score (nSPS) is 6.48. The second-order valence-electron chi connectivity index (χ2n) is 2.84. The predicted octanol–water partition coefficient (Wildman–Crippen LogP) is -18.8. The maximum Gasteiger partial charge on any atom is 1.00 e. The zero-order valence-electron chi connectivity index (χ0n) is 16.7. The summed E-state index contributed by atoms with van der Waals surface area (Å²) in [6, 6.07) is 0. The van der Waals surface area contributed by atoms with Crippen LogP contribution >= 0.6 is 7.60 Å². The van der Waals surface area contributed by atoms with Crippen molar-refractivity contribution in [2.75, 3.05) is 0 Å². The van der Waals surface area contributed by atoms with Crippen LogP contribution in [0.2, 0.25) is 0 Å². The van der Waals surface area contributed by atoms with Gasteiger partial charge in [-0.25, -0.2) is 0 Å². The van der Waals surface area contributed by atoms with Crippen molar-refractivity contribution in [3.05, 3.63) is 49.9 Å². The van der Waals surface area contributed by atoms with Gasteiger partial charge in [-0.05, 0) is 32.2 Å². The number of carbonyl (C=O) groups excluding carboxylic acids is 3. The van der Waals surface area contributed by atoms with E-state index in [9.17, 15) is 24.3 Å². The average Bonchev–Trinajstić information content (AvgIpc) is 2.39. The fourth-order valence-corrected chi connectivity index (χ4v) is 0. The maximum absolute atomic E-state index is 9.49. The standard InChI is InChI=1S/C4H6O2.2C3H4O2.C2H5O3P.5Li/c1-3(2)4(5)6;2*1-2-3(4)5;1-2-6(3,4)5;;;;;/h1H2,2H3,(H,5,6);2*2H,1H2,(H,4,5);2H,1H2,(H2,3,4,5);;;;;/q;;;;5*+1/p-5. The van der Waals surface area contributed by atoms with Gasteiger partial charge in [0, 0.05) is 0 Å². The number of carboxylic acid groups (broad SMARTS) is 3. The van der Waals surface area contributed by atoms with E-state index in [0.29, 0.717) is 5.82 Å². The number of rotatable bonds is 4. The Labute approximate surface area is 218 Å². The van der Waals surface area contributed by atoms with Crippen LogP contribution in [0.15, 0.2) is 49.9 Å². The minimum absolute atomic E-state index is 0. The summed E-state index contributed by atoms with van der Waals surface area (Å²) >= 11 is 0. The fourth-order valence-electron chi connectivity index (χ4n) is 0. The molecule has 27 heavy (non-hydrogen) atoms. The van der Waals surface area contributed by atoms with Gasteiger partial charge in [-0.1, -0.05) is 32.1 Å². The van der Waals surface area contributed by atoms with Crippen molar-refractivity contribution in [1.29, 1.82) is 0 Å². The van der Waals surface area contributed by atoms with E-state index in [1.54, 1.807) is 0 Å². The molecular weight excluding hydrogens is 354 g/mol. The zero-order valence-corrected chi connectivity index (χ0v) is 17.6. The van der Waals surface area contributed by atoms with Crippen molar-refractivity contribution in [1.82, 2.24) is 0 Å². The van der Waals surface area contributed by atoms with Crippen LogP contribution in [-0.4, -0.2) is 17.9 Å². The van der Waals surface area contributed by atoms with Gasteiger partial charge in [0.15, 0.2) is 0 Å². The molecule has 0 fully saturated rings. The van der Waals surface area contributed by atoms with E-state index < -0.39 is 25.5 Å². The van der Waals surface area contributed by atoms with Crippen LogP contribution in [0.25, 0.3) is 0 Å². The van der Waals surface area contributed by atoms with Crippen molar-refractivity contribution in [3.63, 3.8) is 0 Å². The van der Waals surface area contributed by atoms with Crippen LogP contribution < -0.4 is 119 Å². The van der Waals surface area contributed by atoms with Crippen molar-refractivity contribution >= 4 is 25.5 Å². The molecule has 0 aromatic rings. The van der Waals surface area contributed by atoms with E-state index in [1.165, 1.54) is 6.92 Å². The molecule has 126 valence electrons. The second-order valence-corrected chi connectivity index (χ2v) is 4.28. The van der Waals surface area contributed by atoms with E-state index >= 15 is 0 Å². The summed E-state index contributed by atoms with van der Waals surface area (Å²) in [6.07, 6.45) is 1.44. The maximum atomic E-state index is 9.49. The van der Waals surface area contributed by atoms with Gasteiger partial charge < -0.3 is 44.1 Å². The Balaban J connectivity index is -0.0000000216. The second kappa shape index (κ2) is 37.3. The number of carboxylic acids is 3. The molecule has 0 unspecified atom stereocenters. The largest absolute Gasteiger partial charge is 1.00 e. The molecule has 0 heterocycles. The van der Waals surface area contributed by atoms with Gasteiger partial charge in [0.2, 0.25) is 0 Å². The van der Waals surface area contributed by atoms with Gasteiger partial charge in [-0.3, -0.25) is 0 Å². The van der Waals surface area contributed by atoms with E-state index in [1.807, 2.05) is 0 Å². The van der Waals surface area contributed by atoms with Crippen molar-refractivity contribution in [2.45, 2.75) is 6.92 Å². The van der Waals surface area contributed by atoms with Crippen LogP contribution in [0.1, 0.15) is 6.92 Å². The summed E-state index contributed by atoms with van der Waals surface area (Å²) in [5.41, 5.74) is 0.0648. The van der Waals surface area contributed by atoms with Gasteiger partial charge in [-0.15, -0.1) is 0 Å². The summed E-state index contributed by atoms with van der Waals surface area (Å²) in [4.78, 5) is 46.5. The molecule has 0 saturated carbocycles. The van der Waals surface area contributed by atoms with Gasteiger partial charge in [0.25, 0.3) is 0 Å². The van der Waals surface area contributed by atoms with Crippen LogP contribution in [0, 0.1) is 0 Å². The number of hydrogen-bond acceptors (Lipinski definition) is 9.